The molecule has 2 rings (SSSR count). The van der Waals surface area contributed by atoms with E-state index in [4.69, 9.17) is 9.47 Å². The van der Waals surface area contributed by atoms with Crippen molar-refractivity contribution >= 4 is 17.7 Å². The second-order valence-corrected chi connectivity index (χ2v) is 5.53. The van der Waals surface area contributed by atoms with Gasteiger partial charge in [0.1, 0.15) is 18.1 Å². The number of amides is 1. The lowest BCUT2D eigenvalue weighted by Gasteiger charge is -2.08. The zero-order chi connectivity index (χ0) is 15.6. The standard InChI is InChI=1S/C17H19NO3S/c1-20-15-8-5-9-16(12-15)22-13-17(19)18-10-11-21-14-6-3-2-4-7-14/h2-9,12H,10-11,13H2,1H3,(H,18,19). The molecule has 2 aromatic carbocycles. The van der Waals surface area contributed by atoms with Gasteiger partial charge in [-0.2, -0.15) is 0 Å². The number of para-hydroxylation sites is 1. The summed E-state index contributed by atoms with van der Waals surface area (Å²) in [6.07, 6.45) is 0. The molecule has 0 saturated carbocycles. The van der Waals surface area contributed by atoms with Crippen LogP contribution in [0.5, 0.6) is 11.5 Å². The fourth-order valence-electron chi connectivity index (χ4n) is 1.77. The van der Waals surface area contributed by atoms with Gasteiger partial charge >= 0.3 is 0 Å². The summed E-state index contributed by atoms with van der Waals surface area (Å²) in [7, 11) is 1.63. The van der Waals surface area contributed by atoms with Crippen LogP contribution in [0.4, 0.5) is 0 Å². The fourth-order valence-corrected chi connectivity index (χ4v) is 2.54. The molecular weight excluding hydrogens is 298 g/mol. The van der Waals surface area contributed by atoms with Gasteiger partial charge in [0.15, 0.2) is 0 Å². The first-order valence-corrected chi connectivity index (χ1v) is 7.98. The van der Waals surface area contributed by atoms with Gasteiger partial charge in [0.25, 0.3) is 0 Å². The first-order chi connectivity index (χ1) is 10.8. The lowest BCUT2D eigenvalue weighted by molar-refractivity contribution is -0.118. The maximum atomic E-state index is 11.8. The third-order valence-corrected chi connectivity index (χ3v) is 3.84. The largest absolute Gasteiger partial charge is 0.497 e. The number of hydrogen-bond acceptors (Lipinski definition) is 4. The van der Waals surface area contributed by atoms with Crippen molar-refractivity contribution in [1.29, 1.82) is 0 Å². The molecule has 0 saturated heterocycles. The summed E-state index contributed by atoms with van der Waals surface area (Å²) in [6, 6.07) is 17.2. The first kappa shape index (κ1) is 16.2. The van der Waals surface area contributed by atoms with Gasteiger partial charge in [-0.1, -0.05) is 24.3 Å². The monoisotopic (exact) mass is 317 g/mol. The molecule has 0 aliphatic carbocycles. The minimum Gasteiger partial charge on any atom is -0.497 e. The normalized spacial score (nSPS) is 10.0. The fraction of sp³-hybridized carbons (Fsp3) is 0.235. The molecule has 0 spiro atoms. The molecule has 0 fully saturated rings. The zero-order valence-corrected chi connectivity index (χ0v) is 13.3. The highest BCUT2D eigenvalue weighted by Gasteiger charge is 2.03. The summed E-state index contributed by atoms with van der Waals surface area (Å²) >= 11 is 1.48. The molecule has 0 bridgehead atoms. The summed E-state index contributed by atoms with van der Waals surface area (Å²) in [6.45, 7) is 0.950. The van der Waals surface area contributed by atoms with Crippen molar-refractivity contribution in [2.24, 2.45) is 0 Å². The molecule has 2 aromatic rings. The number of ether oxygens (including phenoxy) is 2. The third-order valence-electron chi connectivity index (χ3n) is 2.85. The van der Waals surface area contributed by atoms with Crippen LogP contribution in [0.1, 0.15) is 0 Å². The second-order valence-electron chi connectivity index (χ2n) is 4.48. The van der Waals surface area contributed by atoms with Crippen LogP contribution in [-0.4, -0.2) is 31.9 Å². The molecule has 0 unspecified atom stereocenters. The quantitative estimate of drug-likeness (QED) is 0.601. The van der Waals surface area contributed by atoms with Gasteiger partial charge in [0.05, 0.1) is 19.4 Å². The highest BCUT2D eigenvalue weighted by molar-refractivity contribution is 8.00. The Kier molecular flexibility index (Phi) is 6.64. The van der Waals surface area contributed by atoms with Crippen molar-refractivity contribution in [2.75, 3.05) is 26.0 Å². The molecule has 1 amide bonds. The molecule has 0 aliphatic heterocycles. The highest BCUT2D eigenvalue weighted by atomic mass is 32.2. The highest BCUT2D eigenvalue weighted by Crippen LogP contribution is 2.22. The van der Waals surface area contributed by atoms with E-state index in [1.54, 1.807) is 7.11 Å². The van der Waals surface area contributed by atoms with Crippen molar-refractivity contribution < 1.29 is 14.3 Å². The first-order valence-electron chi connectivity index (χ1n) is 6.99. The van der Waals surface area contributed by atoms with Crippen LogP contribution in [0.3, 0.4) is 0 Å². The van der Waals surface area contributed by atoms with E-state index in [0.717, 1.165) is 16.4 Å². The van der Waals surface area contributed by atoms with E-state index >= 15 is 0 Å². The molecule has 22 heavy (non-hydrogen) atoms. The number of thioether (sulfide) groups is 1. The number of benzene rings is 2. The summed E-state index contributed by atoms with van der Waals surface area (Å²) in [5.41, 5.74) is 0. The molecule has 0 aromatic heterocycles. The second kappa shape index (κ2) is 9.00. The van der Waals surface area contributed by atoms with Crippen molar-refractivity contribution in [3.8, 4) is 11.5 Å². The average molecular weight is 317 g/mol. The van der Waals surface area contributed by atoms with Gasteiger partial charge in [-0.25, -0.2) is 0 Å². The van der Waals surface area contributed by atoms with Crippen LogP contribution in [-0.2, 0) is 4.79 Å². The van der Waals surface area contributed by atoms with Crippen LogP contribution < -0.4 is 14.8 Å². The Labute approximate surface area is 134 Å². The Balaban J connectivity index is 1.63. The maximum Gasteiger partial charge on any atom is 0.230 e. The van der Waals surface area contributed by atoms with Gasteiger partial charge in [-0.15, -0.1) is 11.8 Å². The predicted octanol–water partition coefficient (Wildman–Crippen LogP) is 2.98. The van der Waals surface area contributed by atoms with E-state index in [9.17, 15) is 4.79 Å². The molecule has 0 atom stereocenters. The molecule has 0 heterocycles. The Morgan fingerprint density at radius 3 is 2.64 bits per heavy atom. The van der Waals surface area contributed by atoms with Gasteiger partial charge in [-0.3, -0.25) is 4.79 Å². The molecule has 0 radical (unpaired) electrons. The van der Waals surface area contributed by atoms with Gasteiger partial charge < -0.3 is 14.8 Å². The predicted molar refractivity (Wildman–Crippen MR) is 88.7 cm³/mol. The number of hydrogen-bond donors (Lipinski definition) is 1. The average Bonchev–Trinajstić information content (AvgIpc) is 2.58. The molecule has 1 N–H and O–H groups in total. The zero-order valence-electron chi connectivity index (χ0n) is 12.5. The van der Waals surface area contributed by atoms with Crippen LogP contribution in [0, 0.1) is 0 Å². The van der Waals surface area contributed by atoms with Gasteiger partial charge in [-0.05, 0) is 30.3 Å². The summed E-state index contributed by atoms with van der Waals surface area (Å²) in [4.78, 5) is 12.8. The number of carbonyl (C=O) groups is 1. The Morgan fingerprint density at radius 1 is 1.09 bits per heavy atom. The van der Waals surface area contributed by atoms with Gasteiger partial charge in [0, 0.05) is 4.90 Å². The topological polar surface area (TPSA) is 47.6 Å². The SMILES string of the molecule is COc1cccc(SCC(=O)NCCOc2ccccc2)c1. The van der Waals surface area contributed by atoms with E-state index in [-0.39, 0.29) is 5.91 Å². The maximum absolute atomic E-state index is 11.8. The minimum atomic E-state index is -0.00974. The van der Waals surface area contributed by atoms with E-state index in [1.807, 2.05) is 54.6 Å². The number of carbonyl (C=O) groups excluding carboxylic acids is 1. The van der Waals surface area contributed by atoms with Crippen LogP contribution >= 0.6 is 11.8 Å². The van der Waals surface area contributed by atoms with E-state index in [0.29, 0.717) is 18.9 Å². The Bertz CT molecular complexity index is 589. The Morgan fingerprint density at radius 2 is 1.86 bits per heavy atom. The number of nitrogens with one attached hydrogen (secondary N) is 1. The smallest absolute Gasteiger partial charge is 0.230 e. The molecule has 4 nitrogen and oxygen atoms in total. The van der Waals surface area contributed by atoms with Crippen molar-refractivity contribution in [3.63, 3.8) is 0 Å². The van der Waals surface area contributed by atoms with Crippen molar-refractivity contribution in [2.45, 2.75) is 4.90 Å². The van der Waals surface area contributed by atoms with Crippen LogP contribution in [0.25, 0.3) is 0 Å². The minimum absolute atomic E-state index is 0.00974. The lowest BCUT2D eigenvalue weighted by Crippen LogP contribution is -2.29. The van der Waals surface area contributed by atoms with Gasteiger partial charge in [0.2, 0.25) is 5.91 Å². The van der Waals surface area contributed by atoms with E-state index in [2.05, 4.69) is 5.32 Å². The third kappa shape index (κ3) is 5.69. The van der Waals surface area contributed by atoms with Crippen LogP contribution in [0.2, 0.25) is 0 Å². The summed E-state index contributed by atoms with van der Waals surface area (Å²) in [5, 5.41) is 2.84. The van der Waals surface area contributed by atoms with Crippen LogP contribution in [0.15, 0.2) is 59.5 Å². The van der Waals surface area contributed by atoms with E-state index < -0.39 is 0 Å². The summed E-state index contributed by atoms with van der Waals surface area (Å²) < 4.78 is 10.7. The molecule has 5 heteroatoms. The van der Waals surface area contributed by atoms with Crippen molar-refractivity contribution in [3.05, 3.63) is 54.6 Å². The molecule has 116 valence electrons. The molecule has 0 aliphatic rings. The number of rotatable bonds is 8. The van der Waals surface area contributed by atoms with E-state index in [1.165, 1.54) is 11.8 Å². The van der Waals surface area contributed by atoms with Crippen molar-refractivity contribution in [1.82, 2.24) is 5.32 Å². The number of methoxy groups -OCH3 is 1. The summed E-state index contributed by atoms with van der Waals surface area (Å²) in [5.74, 6) is 1.96. The lowest BCUT2D eigenvalue weighted by atomic mass is 10.3. The Hall–Kier alpha value is -2.14. The molecular formula is C17H19NO3S.